The minimum absolute atomic E-state index is 0.190. The summed E-state index contributed by atoms with van der Waals surface area (Å²) in [4.78, 5) is 13.6. The summed E-state index contributed by atoms with van der Waals surface area (Å²) in [6, 6.07) is 0. The summed E-state index contributed by atoms with van der Waals surface area (Å²) in [5.74, 6) is 1.97. The van der Waals surface area contributed by atoms with Gasteiger partial charge in [0.15, 0.2) is 0 Å². The highest BCUT2D eigenvalue weighted by Gasteiger charge is 2.28. The maximum atomic E-state index is 11.6. The fourth-order valence-electron chi connectivity index (χ4n) is 2.82. The van der Waals surface area contributed by atoms with Crippen LogP contribution in [-0.4, -0.2) is 50.1 Å². The van der Waals surface area contributed by atoms with Crippen molar-refractivity contribution in [2.45, 2.75) is 107 Å². The van der Waals surface area contributed by atoms with Crippen LogP contribution in [0, 0.1) is 17.3 Å². The van der Waals surface area contributed by atoms with Gasteiger partial charge in [0.05, 0.1) is 0 Å². The fourth-order valence-corrected chi connectivity index (χ4v) is 2.82. The number of carbonyl (C=O) groups is 1. The lowest BCUT2D eigenvalue weighted by Gasteiger charge is -2.25. The number of rotatable bonds is 0. The van der Waals surface area contributed by atoms with Crippen molar-refractivity contribution in [2.75, 3.05) is 39.3 Å². The molecular weight excluding hydrogens is 370 g/mol. The van der Waals surface area contributed by atoms with Crippen molar-refractivity contribution in [2.24, 2.45) is 17.3 Å². The number of amides is 1. The Balaban J connectivity index is 0. The number of likely N-dealkylation sites (tertiary alicyclic amines) is 1. The van der Waals surface area contributed by atoms with E-state index in [4.69, 9.17) is 0 Å². The van der Waals surface area contributed by atoms with E-state index in [0.717, 1.165) is 24.9 Å². The first-order chi connectivity index (χ1) is 14.0. The van der Waals surface area contributed by atoms with Gasteiger partial charge in [-0.15, -0.1) is 0 Å². The lowest BCUT2D eigenvalue weighted by atomic mass is 9.95. The molecule has 0 unspecified atom stereocenters. The second-order valence-corrected chi connectivity index (χ2v) is 11.0. The molecular formula is C26H57N3O. The summed E-state index contributed by atoms with van der Waals surface area (Å²) < 4.78 is 0. The molecule has 3 rings (SSSR count). The van der Waals surface area contributed by atoms with E-state index in [1.165, 1.54) is 71.1 Å². The molecule has 3 aliphatic rings. The summed E-state index contributed by atoms with van der Waals surface area (Å²) >= 11 is 0. The Hall–Kier alpha value is -0.610. The van der Waals surface area contributed by atoms with Crippen LogP contribution in [0.2, 0.25) is 0 Å². The van der Waals surface area contributed by atoms with Crippen LogP contribution < -0.4 is 10.6 Å². The van der Waals surface area contributed by atoms with Crippen LogP contribution in [-0.2, 0) is 4.79 Å². The molecule has 30 heavy (non-hydrogen) atoms. The first kappa shape index (κ1) is 31.6. The van der Waals surface area contributed by atoms with Gasteiger partial charge in [0.25, 0.3) is 0 Å². The Labute approximate surface area is 190 Å². The van der Waals surface area contributed by atoms with E-state index in [1.807, 2.05) is 25.7 Å². The van der Waals surface area contributed by atoms with Gasteiger partial charge < -0.3 is 15.5 Å². The van der Waals surface area contributed by atoms with E-state index in [-0.39, 0.29) is 5.41 Å². The monoisotopic (exact) mass is 427 g/mol. The van der Waals surface area contributed by atoms with Gasteiger partial charge in [0.2, 0.25) is 5.91 Å². The smallest absolute Gasteiger partial charge is 0.227 e. The number of carbonyl (C=O) groups excluding carboxylic acids is 1. The largest absolute Gasteiger partial charge is 0.342 e. The van der Waals surface area contributed by atoms with Crippen LogP contribution in [0.15, 0.2) is 0 Å². The number of piperidine rings is 1. The van der Waals surface area contributed by atoms with E-state index in [1.54, 1.807) is 0 Å². The quantitative estimate of drug-likeness (QED) is 0.490. The molecule has 0 atom stereocenters. The molecule has 0 aromatic heterocycles. The van der Waals surface area contributed by atoms with Gasteiger partial charge in [-0.2, -0.15) is 0 Å². The van der Waals surface area contributed by atoms with Crippen molar-refractivity contribution in [3.8, 4) is 0 Å². The molecule has 0 aromatic carbocycles. The zero-order valence-electron chi connectivity index (χ0n) is 22.2. The Morgan fingerprint density at radius 1 is 0.633 bits per heavy atom. The molecule has 0 aliphatic carbocycles. The average Bonchev–Trinajstić information content (AvgIpc) is 3.38. The molecule has 0 saturated carbocycles. The first-order valence-corrected chi connectivity index (χ1v) is 12.7. The molecule has 4 nitrogen and oxygen atoms in total. The van der Waals surface area contributed by atoms with E-state index in [0.29, 0.717) is 5.91 Å². The predicted molar refractivity (Wildman–Crippen MR) is 135 cm³/mol. The van der Waals surface area contributed by atoms with Gasteiger partial charge >= 0.3 is 0 Å². The molecule has 182 valence electrons. The molecule has 3 fully saturated rings. The summed E-state index contributed by atoms with van der Waals surface area (Å²) in [5.41, 5.74) is -0.190. The molecule has 3 saturated heterocycles. The maximum absolute atomic E-state index is 11.6. The highest BCUT2D eigenvalue weighted by Crippen LogP contribution is 2.20. The van der Waals surface area contributed by atoms with Gasteiger partial charge in [0, 0.05) is 18.5 Å². The molecule has 4 heteroatoms. The van der Waals surface area contributed by atoms with E-state index in [9.17, 15) is 4.79 Å². The fraction of sp³-hybridized carbons (Fsp3) is 0.962. The van der Waals surface area contributed by atoms with E-state index < -0.39 is 0 Å². The summed E-state index contributed by atoms with van der Waals surface area (Å²) in [7, 11) is 0. The van der Waals surface area contributed by atoms with Gasteiger partial charge in [-0.1, -0.05) is 68.7 Å². The highest BCUT2D eigenvalue weighted by atomic mass is 16.2. The number of nitrogens with one attached hydrogen (secondary N) is 2. The van der Waals surface area contributed by atoms with Crippen molar-refractivity contribution >= 4 is 5.91 Å². The van der Waals surface area contributed by atoms with Crippen LogP contribution in [0.3, 0.4) is 0 Å². The minimum Gasteiger partial charge on any atom is -0.342 e. The zero-order chi connectivity index (χ0) is 23.4. The van der Waals surface area contributed by atoms with Gasteiger partial charge in [-0.3, -0.25) is 4.79 Å². The van der Waals surface area contributed by atoms with Crippen molar-refractivity contribution in [3.05, 3.63) is 0 Å². The van der Waals surface area contributed by atoms with E-state index in [2.05, 4.69) is 52.2 Å². The third-order valence-electron chi connectivity index (χ3n) is 4.20. The van der Waals surface area contributed by atoms with Crippen molar-refractivity contribution in [3.63, 3.8) is 0 Å². The van der Waals surface area contributed by atoms with Crippen molar-refractivity contribution in [1.29, 1.82) is 0 Å². The van der Waals surface area contributed by atoms with E-state index >= 15 is 0 Å². The molecule has 0 bridgehead atoms. The molecule has 2 N–H and O–H groups in total. The standard InChI is InChI=1S/C9H17NO.C5H11N.C4H9N.2C4H10/c1-9(2,3)8(11)10-6-4-5-7-10;1-2-4-6-5-3-1;1-2-4-5-3-1;2*1-4(2)3/h4-7H2,1-3H3;6H,1-5H2;5H,1-4H2;2*4H,1-3H3. The zero-order valence-corrected chi connectivity index (χ0v) is 22.2. The third kappa shape index (κ3) is 25.4. The average molecular weight is 428 g/mol. The topological polar surface area (TPSA) is 44.4 Å². The molecule has 3 heterocycles. The molecule has 3 aliphatic heterocycles. The minimum atomic E-state index is -0.190. The number of nitrogens with zero attached hydrogens (tertiary/aromatic N) is 1. The van der Waals surface area contributed by atoms with Crippen molar-refractivity contribution in [1.82, 2.24) is 15.5 Å². The maximum Gasteiger partial charge on any atom is 0.227 e. The lowest BCUT2D eigenvalue weighted by molar-refractivity contribution is -0.138. The molecule has 1 amide bonds. The normalized spacial score (nSPS) is 18.2. The van der Waals surface area contributed by atoms with Crippen LogP contribution in [0.4, 0.5) is 0 Å². The second kappa shape index (κ2) is 20.3. The summed E-state index contributed by atoms with van der Waals surface area (Å²) in [6.45, 7) is 25.9. The predicted octanol–water partition coefficient (Wildman–Crippen LogP) is 6.11. The van der Waals surface area contributed by atoms with Crippen LogP contribution >= 0.6 is 0 Å². The van der Waals surface area contributed by atoms with Crippen LogP contribution in [0.5, 0.6) is 0 Å². The van der Waals surface area contributed by atoms with Gasteiger partial charge in [-0.25, -0.2) is 0 Å². The number of hydrogen-bond acceptors (Lipinski definition) is 3. The third-order valence-corrected chi connectivity index (χ3v) is 4.20. The Kier molecular flexibility index (Phi) is 21.4. The molecule has 0 aromatic rings. The SMILES string of the molecule is C1CCNC1.C1CCNCC1.CC(C)(C)C(=O)N1CCCC1.CC(C)C.CC(C)C. The Morgan fingerprint density at radius 3 is 1.13 bits per heavy atom. The van der Waals surface area contributed by atoms with Crippen LogP contribution in [0.1, 0.15) is 107 Å². The van der Waals surface area contributed by atoms with Crippen LogP contribution in [0.25, 0.3) is 0 Å². The number of hydrogen-bond donors (Lipinski definition) is 2. The first-order valence-electron chi connectivity index (χ1n) is 12.7. The van der Waals surface area contributed by atoms with Crippen molar-refractivity contribution < 1.29 is 4.79 Å². The molecule has 0 radical (unpaired) electrons. The van der Waals surface area contributed by atoms with Gasteiger partial charge in [-0.05, 0) is 76.5 Å². The lowest BCUT2D eigenvalue weighted by Crippen LogP contribution is -2.37. The molecule has 0 spiro atoms. The second-order valence-electron chi connectivity index (χ2n) is 11.0. The van der Waals surface area contributed by atoms with Gasteiger partial charge in [0.1, 0.15) is 0 Å². The Morgan fingerprint density at radius 2 is 0.933 bits per heavy atom. The summed E-state index contributed by atoms with van der Waals surface area (Å²) in [6.07, 6.45) is 9.36. The Bertz CT molecular complexity index is 330. The summed E-state index contributed by atoms with van der Waals surface area (Å²) in [5, 5.41) is 6.51. The highest BCUT2D eigenvalue weighted by molar-refractivity contribution is 5.81.